The van der Waals surface area contributed by atoms with Crippen molar-refractivity contribution in [3.8, 4) is 0 Å². The van der Waals surface area contributed by atoms with E-state index in [2.05, 4.69) is 29.8 Å². The number of rotatable bonds is 6. The van der Waals surface area contributed by atoms with Crippen LogP contribution < -0.4 is 0 Å². The Labute approximate surface area is 198 Å². The molecule has 4 nitrogen and oxygen atoms in total. The summed E-state index contributed by atoms with van der Waals surface area (Å²) in [6.45, 7) is 6.03. The molecule has 0 N–H and O–H groups in total. The summed E-state index contributed by atoms with van der Waals surface area (Å²) >= 11 is 3.46. The van der Waals surface area contributed by atoms with Gasteiger partial charge in [-0.3, -0.25) is 4.79 Å². The second kappa shape index (κ2) is 8.49. The minimum atomic E-state index is -4.02. The van der Waals surface area contributed by atoms with Crippen molar-refractivity contribution in [2.75, 3.05) is 0 Å². The molecule has 0 bridgehead atoms. The largest absolute Gasteiger partial charge is 0.273 e. The zero-order valence-corrected chi connectivity index (χ0v) is 20.7. The van der Waals surface area contributed by atoms with Gasteiger partial charge in [0.05, 0.1) is 10.9 Å². The van der Waals surface area contributed by atoms with Crippen molar-refractivity contribution in [2.24, 2.45) is 5.92 Å². The molecule has 0 unspecified atom stereocenters. The van der Waals surface area contributed by atoms with E-state index in [9.17, 15) is 13.2 Å². The predicted molar refractivity (Wildman–Crippen MR) is 130 cm³/mol. The summed E-state index contributed by atoms with van der Waals surface area (Å²) in [6.07, 6.45) is 0.552. The second-order valence-corrected chi connectivity index (χ2v) is 11.5. The van der Waals surface area contributed by atoms with Crippen molar-refractivity contribution in [2.45, 2.75) is 43.5 Å². The normalized spacial score (nSPS) is 21.0. The number of β-lactam (4-membered cyclic amide) rings is 1. The Balaban J connectivity index is 1.92. The van der Waals surface area contributed by atoms with E-state index in [1.807, 2.05) is 61.5 Å². The number of nitrogens with zero attached hydrogens (tertiary/aromatic N) is 1. The molecular weight excluding hydrogens is 486 g/mol. The van der Waals surface area contributed by atoms with Crippen LogP contribution in [0.5, 0.6) is 0 Å². The van der Waals surface area contributed by atoms with Gasteiger partial charge in [-0.1, -0.05) is 89.9 Å². The van der Waals surface area contributed by atoms with E-state index < -0.39 is 21.5 Å². The summed E-state index contributed by atoms with van der Waals surface area (Å²) in [6, 6.07) is 23.2. The lowest BCUT2D eigenvalue weighted by Crippen LogP contribution is -2.67. The quantitative estimate of drug-likeness (QED) is 0.380. The van der Waals surface area contributed by atoms with E-state index in [-0.39, 0.29) is 16.7 Å². The average Bonchev–Trinajstić information content (AvgIpc) is 2.77. The molecule has 0 aromatic heterocycles. The van der Waals surface area contributed by atoms with E-state index in [1.54, 1.807) is 24.3 Å². The van der Waals surface area contributed by atoms with Crippen molar-refractivity contribution < 1.29 is 13.2 Å². The highest BCUT2D eigenvalue weighted by molar-refractivity contribution is 9.10. The molecule has 166 valence electrons. The fourth-order valence-electron chi connectivity index (χ4n) is 4.68. The molecule has 0 radical (unpaired) electrons. The van der Waals surface area contributed by atoms with Crippen LogP contribution in [0, 0.1) is 12.8 Å². The lowest BCUT2D eigenvalue weighted by Gasteiger charge is -2.56. The number of carbonyl (C=O) groups is 1. The molecule has 1 amide bonds. The van der Waals surface area contributed by atoms with Crippen LogP contribution in [-0.2, 0) is 20.2 Å². The van der Waals surface area contributed by atoms with Crippen molar-refractivity contribution >= 4 is 31.9 Å². The minimum Gasteiger partial charge on any atom is -0.273 e. The van der Waals surface area contributed by atoms with E-state index >= 15 is 0 Å². The fraction of sp³-hybridized carbons (Fsp3) is 0.269. The Morgan fingerprint density at radius 1 is 0.938 bits per heavy atom. The van der Waals surface area contributed by atoms with Gasteiger partial charge in [0.15, 0.2) is 0 Å². The highest BCUT2D eigenvalue weighted by Gasteiger charge is 2.65. The van der Waals surface area contributed by atoms with Gasteiger partial charge >= 0.3 is 0 Å². The van der Waals surface area contributed by atoms with E-state index in [0.717, 1.165) is 25.5 Å². The lowest BCUT2D eigenvalue weighted by atomic mass is 9.61. The van der Waals surface area contributed by atoms with E-state index in [1.165, 1.54) is 0 Å². The molecule has 0 aliphatic carbocycles. The van der Waals surface area contributed by atoms with Crippen molar-refractivity contribution in [3.63, 3.8) is 0 Å². The first kappa shape index (κ1) is 22.7. The first-order chi connectivity index (χ1) is 15.2. The van der Waals surface area contributed by atoms with Crippen LogP contribution in [0.3, 0.4) is 0 Å². The SMILES string of the molecule is Cc1ccc(S(=O)(=O)N2C(=O)[C@](CC(C)C)(c3ccccc3)[C@@H]2c2ccc(Br)cc2)cc1. The molecule has 2 atom stereocenters. The van der Waals surface area contributed by atoms with Crippen LogP contribution in [0.1, 0.15) is 43.0 Å². The summed E-state index contributed by atoms with van der Waals surface area (Å²) in [4.78, 5) is 14.0. The number of benzene rings is 3. The topological polar surface area (TPSA) is 54.5 Å². The molecule has 3 aromatic rings. The number of hydrogen-bond acceptors (Lipinski definition) is 3. The van der Waals surface area contributed by atoms with Gasteiger partial charge in [0.1, 0.15) is 5.41 Å². The van der Waals surface area contributed by atoms with Gasteiger partial charge < -0.3 is 0 Å². The summed E-state index contributed by atoms with van der Waals surface area (Å²) in [5.74, 6) is -0.174. The molecule has 0 saturated carbocycles. The van der Waals surface area contributed by atoms with Crippen LogP contribution in [-0.4, -0.2) is 18.6 Å². The Morgan fingerprint density at radius 2 is 1.53 bits per heavy atom. The number of carbonyl (C=O) groups excluding carboxylic acids is 1. The van der Waals surface area contributed by atoms with Crippen LogP contribution in [0.15, 0.2) is 88.2 Å². The maximum atomic E-state index is 13.9. The molecular formula is C26H26BrNO3S. The molecule has 1 heterocycles. The number of hydrogen-bond donors (Lipinski definition) is 0. The van der Waals surface area contributed by atoms with Gasteiger partial charge in [0.2, 0.25) is 5.91 Å². The number of aryl methyl sites for hydroxylation is 1. The first-order valence-electron chi connectivity index (χ1n) is 10.6. The maximum absolute atomic E-state index is 13.9. The highest BCUT2D eigenvalue weighted by atomic mass is 79.9. The number of amides is 1. The Morgan fingerprint density at radius 3 is 2.09 bits per heavy atom. The van der Waals surface area contributed by atoms with Gasteiger partial charge in [-0.25, -0.2) is 12.7 Å². The van der Waals surface area contributed by atoms with E-state index in [0.29, 0.717) is 6.42 Å². The van der Waals surface area contributed by atoms with Crippen molar-refractivity contribution in [3.05, 3.63) is 100 Å². The molecule has 1 aliphatic rings. The molecule has 6 heteroatoms. The standard InChI is InChI=1S/C26H26BrNO3S/c1-18(2)17-26(21-7-5-4-6-8-21)24(20-11-13-22(27)14-12-20)28(25(26)29)32(30,31)23-15-9-19(3)10-16-23/h4-16,18,24H,17H2,1-3H3/t24-,26+/m0/s1. The Kier molecular flexibility index (Phi) is 6.03. The number of halogens is 1. The lowest BCUT2D eigenvalue weighted by molar-refractivity contribution is -0.152. The first-order valence-corrected chi connectivity index (χ1v) is 12.9. The Bertz CT molecular complexity index is 1220. The third kappa shape index (κ3) is 3.69. The van der Waals surface area contributed by atoms with Crippen LogP contribution in [0.25, 0.3) is 0 Å². The predicted octanol–water partition coefficient (Wildman–Crippen LogP) is 6.01. The minimum absolute atomic E-state index is 0.129. The summed E-state index contributed by atoms with van der Waals surface area (Å²) in [5, 5.41) is 0. The van der Waals surface area contributed by atoms with Gasteiger partial charge in [-0.05, 0) is 54.7 Å². The molecule has 1 aliphatic heterocycles. The molecule has 3 aromatic carbocycles. The zero-order chi connectivity index (χ0) is 23.1. The third-order valence-corrected chi connectivity index (χ3v) is 8.36. The van der Waals surface area contributed by atoms with Crippen LogP contribution >= 0.6 is 15.9 Å². The molecule has 0 spiro atoms. The maximum Gasteiger partial charge on any atom is 0.267 e. The fourth-order valence-corrected chi connectivity index (χ4v) is 6.61. The number of sulfonamides is 1. The van der Waals surface area contributed by atoms with Crippen molar-refractivity contribution in [1.29, 1.82) is 0 Å². The highest BCUT2D eigenvalue weighted by Crippen LogP contribution is 2.57. The molecule has 4 rings (SSSR count). The van der Waals surface area contributed by atoms with Crippen LogP contribution in [0.2, 0.25) is 0 Å². The van der Waals surface area contributed by atoms with Gasteiger partial charge in [-0.15, -0.1) is 0 Å². The summed E-state index contributed by atoms with van der Waals surface area (Å²) in [5.41, 5.74) is 1.66. The average molecular weight is 512 g/mol. The molecule has 1 fully saturated rings. The van der Waals surface area contributed by atoms with Gasteiger partial charge in [0, 0.05) is 4.47 Å². The monoisotopic (exact) mass is 511 g/mol. The summed E-state index contributed by atoms with van der Waals surface area (Å²) in [7, 11) is -4.02. The molecule has 32 heavy (non-hydrogen) atoms. The summed E-state index contributed by atoms with van der Waals surface area (Å²) < 4.78 is 29.4. The van der Waals surface area contributed by atoms with E-state index in [4.69, 9.17) is 0 Å². The van der Waals surface area contributed by atoms with Crippen LogP contribution in [0.4, 0.5) is 0 Å². The second-order valence-electron chi connectivity index (χ2n) is 8.81. The van der Waals surface area contributed by atoms with Crippen molar-refractivity contribution in [1.82, 2.24) is 4.31 Å². The molecule has 1 saturated heterocycles. The third-order valence-electron chi connectivity index (χ3n) is 6.07. The van der Waals surface area contributed by atoms with Gasteiger partial charge in [0.25, 0.3) is 10.0 Å². The Hall–Kier alpha value is -2.44. The zero-order valence-electron chi connectivity index (χ0n) is 18.3. The van der Waals surface area contributed by atoms with Gasteiger partial charge in [-0.2, -0.15) is 0 Å². The smallest absolute Gasteiger partial charge is 0.267 e.